The van der Waals surface area contributed by atoms with Crippen LogP contribution >= 0.6 is 0 Å². The van der Waals surface area contributed by atoms with E-state index in [9.17, 15) is 4.79 Å². The number of nitrogens with zero attached hydrogens (tertiary/aromatic N) is 2. The minimum Gasteiger partial charge on any atom is -0.329 e. The highest BCUT2D eigenvalue weighted by Gasteiger charge is 2.18. The molecule has 0 radical (unpaired) electrons. The Kier molecular flexibility index (Phi) is 6.82. The molecule has 3 nitrogen and oxygen atoms in total. The molecule has 0 saturated carbocycles. The second-order valence-electron chi connectivity index (χ2n) is 3.61. The van der Waals surface area contributed by atoms with Gasteiger partial charge in [-0.15, -0.1) is 0 Å². The SMILES string of the molecule is CCCC(C)C(=O)N(CC#N)CCC. The van der Waals surface area contributed by atoms with Gasteiger partial charge in [0.25, 0.3) is 0 Å². The fraction of sp³-hybridized carbons (Fsp3) is 0.818. The number of hydrogen-bond donors (Lipinski definition) is 0. The van der Waals surface area contributed by atoms with Crippen molar-refractivity contribution in [2.75, 3.05) is 13.1 Å². The van der Waals surface area contributed by atoms with Crippen molar-refractivity contribution in [1.29, 1.82) is 5.26 Å². The summed E-state index contributed by atoms with van der Waals surface area (Å²) in [5, 5.41) is 8.58. The summed E-state index contributed by atoms with van der Waals surface area (Å²) in [4.78, 5) is 13.4. The molecule has 1 amide bonds. The Labute approximate surface area is 86.7 Å². The fourth-order valence-corrected chi connectivity index (χ4v) is 1.49. The summed E-state index contributed by atoms with van der Waals surface area (Å²) < 4.78 is 0. The van der Waals surface area contributed by atoms with Gasteiger partial charge in [0.05, 0.1) is 6.07 Å². The third-order valence-corrected chi connectivity index (χ3v) is 2.21. The van der Waals surface area contributed by atoms with Gasteiger partial charge in [-0.25, -0.2) is 0 Å². The Morgan fingerprint density at radius 3 is 2.50 bits per heavy atom. The second-order valence-corrected chi connectivity index (χ2v) is 3.61. The quantitative estimate of drug-likeness (QED) is 0.611. The molecule has 0 rings (SSSR count). The molecule has 14 heavy (non-hydrogen) atoms. The number of nitriles is 1. The Morgan fingerprint density at radius 1 is 1.43 bits per heavy atom. The van der Waals surface area contributed by atoms with E-state index in [2.05, 4.69) is 6.92 Å². The van der Waals surface area contributed by atoms with Crippen LogP contribution in [0.4, 0.5) is 0 Å². The summed E-state index contributed by atoms with van der Waals surface area (Å²) in [5.74, 6) is 0.176. The molecule has 3 heteroatoms. The first-order chi connectivity index (χ1) is 6.67. The van der Waals surface area contributed by atoms with E-state index in [1.54, 1.807) is 4.90 Å². The Morgan fingerprint density at radius 2 is 2.07 bits per heavy atom. The predicted octanol–water partition coefficient (Wildman–Crippen LogP) is 2.18. The molecule has 80 valence electrons. The highest BCUT2D eigenvalue weighted by molar-refractivity contribution is 5.78. The van der Waals surface area contributed by atoms with E-state index in [4.69, 9.17) is 5.26 Å². The molecule has 0 heterocycles. The summed E-state index contributed by atoms with van der Waals surface area (Å²) in [6.07, 6.45) is 2.83. The first-order valence-corrected chi connectivity index (χ1v) is 5.33. The average molecular weight is 196 g/mol. The monoisotopic (exact) mass is 196 g/mol. The Bertz CT molecular complexity index is 208. The highest BCUT2D eigenvalue weighted by Crippen LogP contribution is 2.09. The molecule has 0 N–H and O–H groups in total. The van der Waals surface area contributed by atoms with Crippen molar-refractivity contribution < 1.29 is 4.79 Å². The van der Waals surface area contributed by atoms with Crippen LogP contribution in [0.2, 0.25) is 0 Å². The minimum absolute atomic E-state index is 0.0555. The molecule has 0 aromatic carbocycles. The van der Waals surface area contributed by atoms with Crippen molar-refractivity contribution in [3.05, 3.63) is 0 Å². The molecule has 0 fully saturated rings. The van der Waals surface area contributed by atoms with Crippen LogP contribution in [0.3, 0.4) is 0 Å². The lowest BCUT2D eigenvalue weighted by Gasteiger charge is -2.22. The van der Waals surface area contributed by atoms with Crippen molar-refractivity contribution in [1.82, 2.24) is 4.90 Å². The summed E-state index contributed by atoms with van der Waals surface area (Å²) >= 11 is 0. The number of amides is 1. The van der Waals surface area contributed by atoms with Gasteiger partial charge in [-0.2, -0.15) is 5.26 Å². The maximum absolute atomic E-state index is 11.8. The normalized spacial score (nSPS) is 11.9. The Hall–Kier alpha value is -1.04. The van der Waals surface area contributed by atoms with Gasteiger partial charge in [0.15, 0.2) is 0 Å². The van der Waals surface area contributed by atoms with E-state index >= 15 is 0 Å². The summed E-state index contributed by atoms with van der Waals surface area (Å²) in [5.41, 5.74) is 0. The lowest BCUT2D eigenvalue weighted by atomic mass is 10.0. The molecule has 0 aromatic heterocycles. The molecule has 1 unspecified atom stereocenters. The smallest absolute Gasteiger partial charge is 0.226 e. The van der Waals surface area contributed by atoms with E-state index in [1.165, 1.54) is 0 Å². The van der Waals surface area contributed by atoms with Crippen LogP contribution in [-0.2, 0) is 4.79 Å². The number of hydrogen-bond acceptors (Lipinski definition) is 2. The van der Waals surface area contributed by atoms with Crippen LogP contribution in [0.5, 0.6) is 0 Å². The van der Waals surface area contributed by atoms with Gasteiger partial charge in [0.1, 0.15) is 6.54 Å². The summed E-state index contributed by atoms with van der Waals surface area (Å²) in [7, 11) is 0. The van der Waals surface area contributed by atoms with Crippen LogP contribution in [0, 0.1) is 17.2 Å². The topological polar surface area (TPSA) is 44.1 Å². The van der Waals surface area contributed by atoms with E-state index in [0.29, 0.717) is 6.54 Å². The molecule has 0 bridgehead atoms. The number of carbonyl (C=O) groups excluding carboxylic acids is 1. The number of carbonyl (C=O) groups is 1. The minimum atomic E-state index is 0.0555. The van der Waals surface area contributed by atoms with E-state index < -0.39 is 0 Å². The lowest BCUT2D eigenvalue weighted by molar-refractivity contribution is -0.134. The standard InChI is InChI=1S/C11H20N2O/c1-4-6-10(3)11(14)13(8-5-2)9-7-12/h10H,4-6,8-9H2,1-3H3. The van der Waals surface area contributed by atoms with Gasteiger partial charge in [0, 0.05) is 12.5 Å². The summed E-state index contributed by atoms with van der Waals surface area (Å²) in [6, 6.07) is 2.04. The van der Waals surface area contributed by atoms with Crippen LogP contribution < -0.4 is 0 Å². The third-order valence-electron chi connectivity index (χ3n) is 2.21. The molecular weight excluding hydrogens is 176 g/mol. The van der Waals surface area contributed by atoms with Gasteiger partial charge < -0.3 is 4.90 Å². The molecule has 0 aliphatic heterocycles. The Balaban J connectivity index is 4.20. The molecule has 1 atom stereocenters. The summed E-state index contributed by atoms with van der Waals surface area (Å²) in [6.45, 7) is 6.94. The third kappa shape index (κ3) is 4.27. The molecule has 0 spiro atoms. The largest absolute Gasteiger partial charge is 0.329 e. The van der Waals surface area contributed by atoms with Crippen molar-refractivity contribution >= 4 is 5.91 Å². The maximum Gasteiger partial charge on any atom is 0.226 e. The van der Waals surface area contributed by atoms with Gasteiger partial charge in [-0.3, -0.25) is 4.79 Å². The molecule has 0 saturated heterocycles. The first-order valence-electron chi connectivity index (χ1n) is 5.33. The van der Waals surface area contributed by atoms with Crippen molar-refractivity contribution in [3.8, 4) is 6.07 Å². The van der Waals surface area contributed by atoms with Crippen molar-refractivity contribution in [2.45, 2.75) is 40.0 Å². The number of rotatable bonds is 6. The first kappa shape index (κ1) is 13.0. The average Bonchev–Trinajstić information content (AvgIpc) is 2.17. The second kappa shape index (κ2) is 7.37. The van der Waals surface area contributed by atoms with Gasteiger partial charge in [0.2, 0.25) is 5.91 Å². The van der Waals surface area contributed by atoms with Gasteiger partial charge in [-0.1, -0.05) is 27.2 Å². The highest BCUT2D eigenvalue weighted by atomic mass is 16.2. The molecular formula is C11H20N2O. The van der Waals surface area contributed by atoms with Gasteiger partial charge in [-0.05, 0) is 12.8 Å². The lowest BCUT2D eigenvalue weighted by Crippen LogP contribution is -2.36. The van der Waals surface area contributed by atoms with E-state index in [-0.39, 0.29) is 18.4 Å². The van der Waals surface area contributed by atoms with Crippen LogP contribution in [-0.4, -0.2) is 23.9 Å². The maximum atomic E-state index is 11.8. The van der Waals surface area contributed by atoms with E-state index in [0.717, 1.165) is 19.3 Å². The van der Waals surface area contributed by atoms with Crippen LogP contribution in [0.15, 0.2) is 0 Å². The van der Waals surface area contributed by atoms with Crippen LogP contribution in [0.1, 0.15) is 40.0 Å². The van der Waals surface area contributed by atoms with Crippen molar-refractivity contribution in [3.63, 3.8) is 0 Å². The zero-order chi connectivity index (χ0) is 11.0. The fourth-order valence-electron chi connectivity index (χ4n) is 1.49. The molecule has 0 aliphatic rings. The van der Waals surface area contributed by atoms with E-state index in [1.807, 2.05) is 19.9 Å². The zero-order valence-electron chi connectivity index (χ0n) is 9.42. The predicted molar refractivity (Wildman–Crippen MR) is 56.6 cm³/mol. The molecule has 0 aliphatic carbocycles. The van der Waals surface area contributed by atoms with Gasteiger partial charge >= 0.3 is 0 Å². The van der Waals surface area contributed by atoms with Crippen molar-refractivity contribution in [2.24, 2.45) is 5.92 Å². The zero-order valence-corrected chi connectivity index (χ0v) is 9.42. The molecule has 0 aromatic rings. The van der Waals surface area contributed by atoms with Crippen LogP contribution in [0.25, 0.3) is 0 Å².